The van der Waals surface area contributed by atoms with Crippen LogP contribution in [0.2, 0.25) is 0 Å². The quantitative estimate of drug-likeness (QED) is 0.657. The van der Waals surface area contributed by atoms with Gasteiger partial charge in [-0.2, -0.15) is 0 Å². The van der Waals surface area contributed by atoms with E-state index in [1.807, 2.05) is 0 Å². The highest BCUT2D eigenvalue weighted by Crippen LogP contribution is 2.10. The number of aryl methyl sites for hydroxylation is 1. The minimum atomic E-state index is 0.641. The van der Waals surface area contributed by atoms with Gasteiger partial charge in [-0.3, -0.25) is 0 Å². The molecule has 0 aliphatic carbocycles. The van der Waals surface area contributed by atoms with Gasteiger partial charge in [0.1, 0.15) is 0 Å². The fourth-order valence-electron chi connectivity index (χ4n) is 2.23. The van der Waals surface area contributed by atoms with E-state index in [0.717, 1.165) is 19.5 Å². The number of nitrogens with one attached hydrogen (secondary N) is 1. The van der Waals surface area contributed by atoms with Crippen molar-refractivity contribution in [2.45, 2.75) is 58.5 Å². The van der Waals surface area contributed by atoms with Crippen molar-refractivity contribution in [3.63, 3.8) is 0 Å². The second kappa shape index (κ2) is 9.12. The molecule has 0 heterocycles. The summed E-state index contributed by atoms with van der Waals surface area (Å²) in [4.78, 5) is 0. The number of unbranched alkanes of at least 4 members (excludes halogenated alkanes) is 2. The van der Waals surface area contributed by atoms with E-state index >= 15 is 0 Å². The molecule has 1 aromatic rings. The number of hydrogen-bond acceptors (Lipinski definition) is 2. The Bertz CT molecular complexity index is 323. The van der Waals surface area contributed by atoms with Crippen LogP contribution in [-0.2, 0) is 6.54 Å². The van der Waals surface area contributed by atoms with E-state index in [1.165, 1.54) is 36.8 Å². The third-order valence-corrected chi connectivity index (χ3v) is 3.59. The van der Waals surface area contributed by atoms with Gasteiger partial charge in [0.2, 0.25) is 0 Å². The molecule has 1 aromatic carbocycles. The van der Waals surface area contributed by atoms with Gasteiger partial charge in [0, 0.05) is 12.6 Å². The molecule has 0 spiro atoms. The molecule has 1 rings (SSSR count). The lowest BCUT2D eigenvalue weighted by atomic mass is 10.0. The Morgan fingerprint density at radius 2 is 1.94 bits per heavy atom. The lowest BCUT2D eigenvalue weighted by Crippen LogP contribution is -2.28. The Balaban J connectivity index is 2.29. The Labute approximate surface area is 112 Å². The molecule has 0 radical (unpaired) electrons. The normalized spacial score (nSPS) is 12.6. The molecule has 18 heavy (non-hydrogen) atoms. The van der Waals surface area contributed by atoms with E-state index in [0.29, 0.717) is 6.04 Å². The zero-order chi connectivity index (χ0) is 13.2. The number of hydrogen-bond donors (Lipinski definition) is 2. The fraction of sp³-hybridized carbons (Fsp3) is 0.625. The van der Waals surface area contributed by atoms with E-state index in [9.17, 15) is 0 Å². The second-order valence-corrected chi connectivity index (χ2v) is 5.05. The van der Waals surface area contributed by atoms with Gasteiger partial charge in [-0.1, -0.05) is 44.0 Å². The summed E-state index contributed by atoms with van der Waals surface area (Å²) in [6, 6.07) is 9.25. The standard InChI is InChI=1S/C16H28N2/c1-3-16(11-5-4-8-12-17)18-13-15-10-7-6-9-14(15)2/h6-7,9-10,16,18H,3-5,8,11-13,17H2,1-2H3. The Morgan fingerprint density at radius 3 is 2.61 bits per heavy atom. The summed E-state index contributed by atoms with van der Waals surface area (Å²) in [6.45, 7) is 6.26. The molecule has 0 aliphatic heterocycles. The molecular formula is C16H28N2. The molecule has 1 unspecified atom stereocenters. The largest absolute Gasteiger partial charge is 0.330 e. The Kier molecular flexibility index (Phi) is 7.70. The zero-order valence-corrected chi connectivity index (χ0v) is 11.9. The maximum absolute atomic E-state index is 5.51. The van der Waals surface area contributed by atoms with E-state index < -0.39 is 0 Å². The first-order valence-corrected chi connectivity index (χ1v) is 7.25. The average Bonchev–Trinajstić information content (AvgIpc) is 2.40. The van der Waals surface area contributed by atoms with Crippen molar-refractivity contribution in [1.29, 1.82) is 0 Å². The highest BCUT2D eigenvalue weighted by Gasteiger charge is 2.06. The maximum Gasteiger partial charge on any atom is 0.0210 e. The molecule has 0 bridgehead atoms. The lowest BCUT2D eigenvalue weighted by molar-refractivity contribution is 0.445. The van der Waals surface area contributed by atoms with Crippen LogP contribution in [-0.4, -0.2) is 12.6 Å². The molecule has 0 amide bonds. The first kappa shape index (κ1) is 15.2. The first-order chi connectivity index (χ1) is 8.77. The van der Waals surface area contributed by atoms with Crippen LogP contribution in [0.15, 0.2) is 24.3 Å². The number of nitrogens with two attached hydrogens (primary N) is 1. The van der Waals surface area contributed by atoms with Crippen LogP contribution in [0.25, 0.3) is 0 Å². The third-order valence-electron chi connectivity index (χ3n) is 3.59. The van der Waals surface area contributed by atoms with Gasteiger partial charge in [-0.05, 0) is 43.9 Å². The smallest absolute Gasteiger partial charge is 0.0210 e. The predicted octanol–water partition coefficient (Wildman–Crippen LogP) is 3.38. The van der Waals surface area contributed by atoms with Crippen molar-refractivity contribution < 1.29 is 0 Å². The topological polar surface area (TPSA) is 38.0 Å². The summed E-state index contributed by atoms with van der Waals surface area (Å²) in [5.41, 5.74) is 8.31. The second-order valence-electron chi connectivity index (χ2n) is 5.05. The first-order valence-electron chi connectivity index (χ1n) is 7.25. The van der Waals surface area contributed by atoms with Gasteiger partial charge < -0.3 is 11.1 Å². The van der Waals surface area contributed by atoms with Gasteiger partial charge in [-0.25, -0.2) is 0 Å². The summed E-state index contributed by atoms with van der Waals surface area (Å²) in [6.07, 6.45) is 6.18. The van der Waals surface area contributed by atoms with Crippen molar-refractivity contribution in [3.05, 3.63) is 35.4 Å². The molecule has 3 N–H and O–H groups in total. The fourth-order valence-corrected chi connectivity index (χ4v) is 2.23. The maximum atomic E-state index is 5.51. The Hall–Kier alpha value is -0.860. The van der Waals surface area contributed by atoms with Gasteiger partial charge in [0.15, 0.2) is 0 Å². The van der Waals surface area contributed by atoms with Crippen LogP contribution in [0.5, 0.6) is 0 Å². The van der Waals surface area contributed by atoms with Crippen molar-refractivity contribution in [2.75, 3.05) is 6.54 Å². The van der Waals surface area contributed by atoms with Gasteiger partial charge >= 0.3 is 0 Å². The van der Waals surface area contributed by atoms with Crippen LogP contribution in [0, 0.1) is 6.92 Å². The lowest BCUT2D eigenvalue weighted by Gasteiger charge is -2.17. The molecule has 1 atom stereocenters. The monoisotopic (exact) mass is 248 g/mol. The summed E-state index contributed by atoms with van der Waals surface area (Å²) in [5.74, 6) is 0. The SMILES string of the molecule is CCC(CCCCCN)NCc1ccccc1C. The van der Waals surface area contributed by atoms with Crippen LogP contribution in [0.3, 0.4) is 0 Å². The van der Waals surface area contributed by atoms with Gasteiger partial charge in [0.25, 0.3) is 0 Å². The molecule has 102 valence electrons. The highest BCUT2D eigenvalue weighted by molar-refractivity contribution is 5.25. The van der Waals surface area contributed by atoms with Crippen molar-refractivity contribution >= 4 is 0 Å². The summed E-state index contributed by atoms with van der Waals surface area (Å²) >= 11 is 0. The van der Waals surface area contributed by atoms with Crippen LogP contribution in [0.4, 0.5) is 0 Å². The summed E-state index contributed by atoms with van der Waals surface area (Å²) < 4.78 is 0. The Morgan fingerprint density at radius 1 is 1.17 bits per heavy atom. The van der Waals surface area contributed by atoms with E-state index in [1.54, 1.807) is 0 Å². The minimum absolute atomic E-state index is 0.641. The molecule has 0 saturated heterocycles. The number of benzene rings is 1. The molecule has 2 heteroatoms. The van der Waals surface area contributed by atoms with E-state index in [4.69, 9.17) is 5.73 Å². The minimum Gasteiger partial charge on any atom is -0.330 e. The zero-order valence-electron chi connectivity index (χ0n) is 11.9. The van der Waals surface area contributed by atoms with Crippen LogP contribution in [0.1, 0.15) is 50.2 Å². The van der Waals surface area contributed by atoms with Crippen molar-refractivity contribution in [1.82, 2.24) is 5.32 Å². The van der Waals surface area contributed by atoms with Crippen molar-refractivity contribution in [3.8, 4) is 0 Å². The van der Waals surface area contributed by atoms with E-state index in [-0.39, 0.29) is 0 Å². The third kappa shape index (κ3) is 5.65. The van der Waals surface area contributed by atoms with Crippen LogP contribution < -0.4 is 11.1 Å². The summed E-state index contributed by atoms with van der Waals surface area (Å²) in [5, 5.41) is 3.67. The number of rotatable bonds is 9. The molecule has 0 aromatic heterocycles. The molecular weight excluding hydrogens is 220 g/mol. The predicted molar refractivity (Wildman–Crippen MR) is 79.6 cm³/mol. The molecule has 2 nitrogen and oxygen atoms in total. The van der Waals surface area contributed by atoms with Crippen LogP contribution >= 0.6 is 0 Å². The van der Waals surface area contributed by atoms with E-state index in [2.05, 4.69) is 43.4 Å². The van der Waals surface area contributed by atoms with Gasteiger partial charge in [-0.15, -0.1) is 0 Å². The molecule has 0 saturated carbocycles. The average molecular weight is 248 g/mol. The van der Waals surface area contributed by atoms with Crippen molar-refractivity contribution in [2.24, 2.45) is 5.73 Å². The highest BCUT2D eigenvalue weighted by atomic mass is 14.9. The molecule has 0 aliphatic rings. The molecule has 0 fully saturated rings. The van der Waals surface area contributed by atoms with Gasteiger partial charge in [0.05, 0.1) is 0 Å². The summed E-state index contributed by atoms with van der Waals surface area (Å²) in [7, 11) is 0.